The van der Waals surface area contributed by atoms with Crippen molar-refractivity contribution < 1.29 is 13.9 Å². The summed E-state index contributed by atoms with van der Waals surface area (Å²) in [5.74, 6) is 2.02. The number of rotatable bonds is 9. The Morgan fingerprint density at radius 1 is 1.25 bits per heavy atom. The minimum Gasteiger partial charge on any atom is -0.493 e. The topological polar surface area (TPSA) is 98.1 Å². The van der Waals surface area contributed by atoms with Crippen LogP contribution in [-0.2, 0) is 6.54 Å². The number of oxazole rings is 1. The standard InChI is InChI=1S/C20H21N5O3/c1-26-17-6-4-15(12-18(17)27-2)5-7-19-24-16(13-21)20(28-19)23-8-3-10-25-11-9-22-14-25/h4-7,9,11-12,14,23H,3,8,10H2,1-2H3. The van der Waals surface area contributed by atoms with Crippen molar-refractivity contribution in [1.82, 2.24) is 14.5 Å². The monoisotopic (exact) mass is 379 g/mol. The number of hydrogen-bond donors (Lipinski definition) is 1. The van der Waals surface area contributed by atoms with E-state index in [1.54, 1.807) is 32.8 Å². The molecule has 144 valence electrons. The van der Waals surface area contributed by atoms with Crippen LogP contribution in [0.4, 0.5) is 5.88 Å². The zero-order chi connectivity index (χ0) is 19.8. The lowest BCUT2D eigenvalue weighted by Gasteiger charge is -2.07. The summed E-state index contributed by atoms with van der Waals surface area (Å²) in [6, 6.07) is 7.61. The molecule has 2 heterocycles. The van der Waals surface area contributed by atoms with E-state index in [0.717, 1.165) is 18.5 Å². The Kier molecular flexibility index (Phi) is 6.31. The summed E-state index contributed by atoms with van der Waals surface area (Å²) in [6.07, 6.45) is 9.82. The highest BCUT2D eigenvalue weighted by atomic mass is 16.5. The molecule has 0 amide bonds. The highest BCUT2D eigenvalue weighted by Gasteiger charge is 2.11. The van der Waals surface area contributed by atoms with Gasteiger partial charge in [-0.25, -0.2) is 4.98 Å². The molecule has 0 unspecified atom stereocenters. The lowest BCUT2D eigenvalue weighted by atomic mass is 10.2. The van der Waals surface area contributed by atoms with Gasteiger partial charge in [-0.1, -0.05) is 6.07 Å². The van der Waals surface area contributed by atoms with Crippen LogP contribution < -0.4 is 14.8 Å². The van der Waals surface area contributed by atoms with Gasteiger partial charge in [-0.2, -0.15) is 10.2 Å². The van der Waals surface area contributed by atoms with Crippen LogP contribution in [0, 0.1) is 11.3 Å². The van der Waals surface area contributed by atoms with Crippen LogP contribution in [0.5, 0.6) is 11.5 Å². The van der Waals surface area contributed by atoms with Crippen molar-refractivity contribution in [3.8, 4) is 17.6 Å². The average Bonchev–Trinajstić information content (AvgIpc) is 3.39. The zero-order valence-corrected chi connectivity index (χ0v) is 15.8. The fraction of sp³-hybridized carbons (Fsp3) is 0.250. The van der Waals surface area contributed by atoms with Gasteiger partial charge in [-0.05, 0) is 30.2 Å². The first kappa shape index (κ1) is 19.0. The third kappa shape index (κ3) is 4.71. The first-order valence-electron chi connectivity index (χ1n) is 8.74. The molecule has 0 saturated carbocycles. The molecule has 0 atom stereocenters. The number of hydrogen-bond acceptors (Lipinski definition) is 7. The Labute approximate surface area is 163 Å². The molecule has 0 bridgehead atoms. The molecule has 0 fully saturated rings. The van der Waals surface area contributed by atoms with E-state index in [9.17, 15) is 5.26 Å². The van der Waals surface area contributed by atoms with Crippen molar-refractivity contribution in [1.29, 1.82) is 5.26 Å². The van der Waals surface area contributed by atoms with Crippen molar-refractivity contribution in [2.24, 2.45) is 0 Å². The number of aryl methyl sites for hydroxylation is 1. The van der Waals surface area contributed by atoms with Crippen LogP contribution >= 0.6 is 0 Å². The van der Waals surface area contributed by atoms with Gasteiger partial charge in [0.1, 0.15) is 6.07 Å². The summed E-state index contributed by atoms with van der Waals surface area (Å²) in [5.41, 5.74) is 1.12. The Balaban J connectivity index is 1.63. The van der Waals surface area contributed by atoms with Crippen LogP contribution in [0.1, 0.15) is 23.6 Å². The second-order valence-electron chi connectivity index (χ2n) is 5.87. The third-order valence-corrected chi connectivity index (χ3v) is 4.01. The van der Waals surface area contributed by atoms with Gasteiger partial charge in [0.25, 0.3) is 0 Å². The second kappa shape index (κ2) is 9.28. The molecule has 3 rings (SSSR count). The van der Waals surface area contributed by atoms with Gasteiger partial charge >= 0.3 is 0 Å². The fourth-order valence-electron chi connectivity index (χ4n) is 2.61. The van der Waals surface area contributed by atoms with Crippen LogP contribution in [0.15, 0.2) is 41.3 Å². The molecule has 1 N–H and O–H groups in total. The Morgan fingerprint density at radius 2 is 2.11 bits per heavy atom. The Morgan fingerprint density at radius 3 is 2.82 bits per heavy atom. The number of imidazole rings is 1. The van der Waals surface area contributed by atoms with E-state index >= 15 is 0 Å². The number of benzene rings is 1. The van der Waals surface area contributed by atoms with Gasteiger partial charge < -0.3 is 23.8 Å². The third-order valence-electron chi connectivity index (χ3n) is 4.01. The molecule has 0 aliphatic heterocycles. The number of nitriles is 1. The van der Waals surface area contributed by atoms with E-state index < -0.39 is 0 Å². The number of nitrogens with zero attached hydrogens (tertiary/aromatic N) is 4. The van der Waals surface area contributed by atoms with Gasteiger partial charge in [0.2, 0.25) is 17.5 Å². The van der Waals surface area contributed by atoms with Crippen LogP contribution in [0.3, 0.4) is 0 Å². The number of ether oxygens (including phenoxy) is 2. The SMILES string of the molecule is COc1ccc(C=Cc2nc(C#N)c(NCCCn3ccnc3)o2)cc1OC. The molecule has 1 aromatic carbocycles. The summed E-state index contributed by atoms with van der Waals surface area (Å²) in [4.78, 5) is 8.20. The summed E-state index contributed by atoms with van der Waals surface area (Å²) < 4.78 is 18.2. The zero-order valence-electron chi connectivity index (χ0n) is 15.8. The second-order valence-corrected chi connectivity index (χ2v) is 5.87. The smallest absolute Gasteiger partial charge is 0.232 e. The largest absolute Gasteiger partial charge is 0.493 e. The van der Waals surface area contributed by atoms with E-state index in [2.05, 4.69) is 15.3 Å². The van der Waals surface area contributed by atoms with Crippen molar-refractivity contribution in [2.45, 2.75) is 13.0 Å². The Hall–Kier alpha value is -3.73. The van der Waals surface area contributed by atoms with E-state index in [1.807, 2.05) is 41.1 Å². The fourth-order valence-corrected chi connectivity index (χ4v) is 2.61. The molecule has 0 spiro atoms. The predicted octanol–water partition coefficient (Wildman–Crippen LogP) is 3.43. The van der Waals surface area contributed by atoms with E-state index in [0.29, 0.717) is 29.8 Å². The minimum atomic E-state index is 0.231. The first-order chi connectivity index (χ1) is 13.7. The lowest BCUT2D eigenvalue weighted by molar-refractivity contribution is 0.355. The number of anilines is 1. The van der Waals surface area contributed by atoms with E-state index in [4.69, 9.17) is 13.9 Å². The quantitative estimate of drug-likeness (QED) is 0.569. The van der Waals surface area contributed by atoms with Gasteiger partial charge in [-0.15, -0.1) is 0 Å². The molecule has 28 heavy (non-hydrogen) atoms. The predicted molar refractivity (Wildman–Crippen MR) is 105 cm³/mol. The average molecular weight is 379 g/mol. The molecule has 8 nitrogen and oxygen atoms in total. The summed E-state index contributed by atoms with van der Waals surface area (Å²) in [7, 11) is 3.18. The lowest BCUT2D eigenvalue weighted by Crippen LogP contribution is -2.06. The van der Waals surface area contributed by atoms with Crippen LogP contribution in [0.2, 0.25) is 0 Å². The summed E-state index contributed by atoms with van der Waals surface area (Å²) >= 11 is 0. The van der Waals surface area contributed by atoms with Gasteiger partial charge in [0.05, 0.1) is 20.5 Å². The molecule has 3 aromatic rings. The number of methoxy groups -OCH3 is 2. The molecule has 0 saturated heterocycles. The first-order valence-corrected chi connectivity index (χ1v) is 8.74. The maximum absolute atomic E-state index is 9.27. The molecular weight excluding hydrogens is 358 g/mol. The maximum Gasteiger partial charge on any atom is 0.232 e. The Bertz CT molecular complexity index is 970. The maximum atomic E-state index is 9.27. The summed E-state index contributed by atoms with van der Waals surface area (Å²) in [5, 5.41) is 12.4. The molecule has 0 radical (unpaired) electrons. The van der Waals surface area contributed by atoms with Gasteiger partial charge in [0.15, 0.2) is 11.5 Å². The van der Waals surface area contributed by atoms with E-state index in [-0.39, 0.29) is 5.69 Å². The van der Waals surface area contributed by atoms with E-state index in [1.165, 1.54) is 0 Å². The summed E-state index contributed by atoms with van der Waals surface area (Å²) in [6.45, 7) is 1.48. The van der Waals surface area contributed by atoms with Gasteiger partial charge in [-0.3, -0.25) is 0 Å². The molecule has 0 aliphatic carbocycles. The van der Waals surface area contributed by atoms with Crippen LogP contribution in [0.25, 0.3) is 12.2 Å². The van der Waals surface area contributed by atoms with Crippen molar-refractivity contribution in [3.05, 3.63) is 54.1 Å². The van der Waals surface area contributed by atoms with Crippen molar-refractivity contribution in [3.63, 3.8) is 0 Å². The number of nitrogens with one attached hydrogen (secondary N) is 1. The van der Waals surface area contributed by atoms with Crippen molar-refractivity contribution >= 4 is 18.0 Å². The van der Waals surface area contributed by atoms with Crippen molar-refractivity contribution in [2.75, 3.05) is 26.1 Å². The van der Waals surface area contributed by atoms with Crippen LogP contribution in [-0.4, -0.2) is 35.3 Å². The molecule has 0 aliphatic rings. The highest BCUT2D eigenvalue weighted by Crippen LogP contribution is 2.28. The molecule has 8 heteroatoms. The number of aromatic nitrogens is 3. The normalized spacial score (nSPS) is 10.8. The van der Waals surface area contributed by atoms with Gasteiger partial charge in [0, 0.05) is 31.6 Å². The minimum absolute atomic E-state index is 0.231. The highest BCUT2D eigenvalue weighted by molar-refractivity contribution is 5.68. The molecule has 2 aromatic heterocycles. The molecular formula is C20H21N5O3.